The normalized spacial score (nSPS) is 13.8. The quantitative estimate of drug-likeness (QED) is 0.734. The first-order chi connectivity index (χ1) is 14.1. The van der Waals surface area contributed by atoms with Gasteiger partial charge in [-0.05, 0) is 43.3 Å². The Hall–Kier alpha value is -3.86. The Kier molecular flexibility index (Phi) is 5.12. The summed E-state index contributed by atoms with van der Waals surface area (Å²) < 4.78 is 5.21. The number of nitrogens with one attached hydrogen (secondary N) is 1. The Morgan fingerprint density at radius 3 is 2.55 bits per heavy atom. The fourth-order valence-corrected chi connectivity index (χ4v) is 3.20. The number of amides is 1. The van der Waals surface area contributed by atoms with Crippen LogP contribution in [0.3, 0.4) is 0 Å². The van der Waals surface area contributed by atoms with Crippen molar-refractivity contribution in [3.8, 4) is 6.07 Å². The van der Waals surface area contributed by atoms with Crippen molar-refractivity contribution >= 4 is 23.4 Å². The van der Waals surface area contributed by atoms with Gasteiger partial charge in [0.15, 0.2) is 5.76 Å². The van der Waals surface area contributed by atoms with E-state index in [2.05, 4.69) is 26.3 Å². The highest BCUT2D eigenvalue weighted by Gasteiger charge is 2.25. The van der Waals surface area contributed by atoms with Crippen LogP contribution in [0.25, 0.3) is 0 Å². The molecule has 0 atom stereocenters. The van der Waals surface area contributed by atoms with E-state index >= 15 is 0 Å². The number of nitrogens with zero attached hydrogens (tertiary/aromatic N) is 5. The lowest BCUT2D eigenvalue weighted by Gasteiger charge is -2.34. The Morgan fingerprint density at radius 2 is 1.90 bits per heavy atom. The minimum absolute atomic E-state index is 0.0945. The van der Waals surface area contributed by atoms with E-state index in [4.69, 9.17) is 9.68 Å². The highest BCUT2D eigenvalue weighted by molar-refractivity contribution is 5.91. The summed E-state index contributed by atoms with van der Waals surface area (Å²) in [6, 6.07) is 14.6. The summed E-state index contributed by atoms with van der Waals surface area (Å²) in [5.74, 6) is 1.58. The zero-order valence-corrected chi connectivity index (χ0v) is 16.0. The molecule has 0 radical (unpaired) electrons. The van der Waals surface area contributed by atoms with Crippen LogP contribution in [0.2, 0.25) is 0 Å². The van der Waals surface area contributed by atoms with Crippen LogP contribution in [0.1, 0.15) is 21.8 Å². The number of hydrogen-bond acceptors (Lipinski definition) is 7. The number of aryl methyl sites for hydroxylation is 1. The van der Waals surface area contributed by atoms with Crippen LogP contribution >= 0.6 is 0 Å². The lowest BCUT2D eigenvalue weighted by atomic mass is 10.2. The van der Waals surface area contributed by atoms with Crippen molar-refractivity contribution < 1.29 is 9.21 Å². The first-order valence-corrected chi connectivity index (χ1v) is 9.33. The largest absolute Gasteiger partial charge is 0.459 e. The molecule has 1 aliphatic heterocycles. The molecule has 1 amide bonds. The van der Waals surface area contributed by atoms with Crippen molar-refractivity contribution in [3.05, 3.63) is 65.7 Å². The van der Waals surface area contributed by atoms with E-state index in [0.29, 0.717) is 49.3 Å². The van der Waals surface area contributed by atoms with Gasteiger partial charge in [0.05, 0.1) is 17.9 Å². The molecule has 0 spiro atoms. The fraction of sp³-hybridized carbons (Fsp3) is 0.238. The molecule has 0 saturated carbocycles. The van der Waals surface area contributed by atoms with Crippen LogP contribution in [0.15, 0.2) is 53.1 Å². The third-order valence-corrected chi connectivity index (χ3v) is 4.71. The number of benzene rings is 1. The van der Waals surface area contributed by atoms with Gasteiger partial charge < -0.3 is 19.5 Å². The second-order valence-corrected chi connectivity index (χ2v) is 6.77. The van der Waals surface area contributed by atoms with Crippen LogP contribution in [-0.4, -0.2) is 47.0 Å². The van der Waals surface area contributed by atoms with Gasteiger partial charge in [0.1, 0.15) is 5.82 Å². The second kappa shape index (κ2) is 8.02. The van der Waals surface area contributed by atoms with Gasteiger partial charge in [-0.1, -0.05) is 0 Å². The number of anilines is 3. The summed E-state index contributed by atoms with van der Waals surface area (Å²) in [4.78, 5) is 25.5. The highest BCUT2D eigenvalue weighted by Crippen LogP contribution is 2.20. The lowest BCUT2D eigenvalue weighted by Crippen LogP contribution is -2.49. The van der Waals surface area contributed by atoms with Gasteiger partial charge in [-0.25, -0.2) is 4.98 Å². The van der Waals surface area contributed by atoms with Gasteiger partial charge in [0.25, 0.3) is 5.91 Å². The maximum absolute atomic E-state index is 12.4. The molecule has 2 aromatic heterocycles. The standard InChI is InChI=1S/C21H20N6O2/c1-15-13-19(24-17-6-4-16(14-22)5-7-17)25-21(23-15)27-10-8-26(9-11-27)20(28)18-3-2-12-29-18/h2-7,12-13H,8-11H2,1H3,(H,23,24,25). The van der Waals surface area contributed by atoms with Gasteiger partial charge in [0, 0.05) is 43.6 Å². The van der Waals surface area contributed by atoms with E-state index < -0.39 is 0 Å². The minimum Gasteiger partial charge on any atom is -0.459 e. The van der Waals surface area contributed by atoms with E-state index in [1.807, 2.05) is 25.1 Å². The molecule has 1 saturated heterocycles. The molecule has 8 nitrogen and oxygen atoms in total. The van der Waals surface area contributed by atoms with Crippen molar-refractivity contribution in [3.63, 3.8) is 0 Å². The summed E-state index contributed by atoms with van der Waals surface area (Å²) in [5.41, 5.74) is 2.30. The second-order valence-electron chi connectivity index (χ2n) is 6.77. The van der Waals surface area contributed by atoms with Crippen LogP contribution in [-0.2, 0) is 0 Å². The van der Waals surface area contributed by atoms with Crippen LogP contribution < -0.4 is 10.2 Å². The fourth-order valence-electron chi connectivity index (χ4n) is 3.20. The van der Waals surface area contributed by atoms with Gasteiger partial charge in [0.2, 0.25) is 5.95 Å². The monoisotopic (exact) mass is 388 g/mol. The van der Waals surface area contributed by atoms with Gasteiger partial charge >= 0.3 is 0 Å². The first-order valence-electron chi connectivity index (χ1n) is 9.33. The molecule has 3 heterocycles. The average molecular weight is 388 g/mol. The molecule has 0 unspecified atom stereocenters. The first kappa shape index (κ1) is 18.5. The molecule has 29 heavy (non-hydrogen) atoms. The molecule has 8 heteroatoms. The predicted octanol–water partition coefficient (Wildman–Crippen LogP) is 2.96. The number of rotatable bonds is 4. The number of nitriles is 1. The van der Waals surface area contributed by atoms with Crippen LogP contribution in [0.4, 0.5) is 17.5 Å². The number of furan rings is 1. The maximum Gasteiger partial charge on any atom is 0.289 e. The van der Waals surface area contributed by atoms with Crippen molar-refractivity contribution in [1.29, 1.82) is 5.26 Å². The van der Waals surface area contributed by atoms with Gasteiger partial charge in [-0.3, -0.25) is 4.79 Å². The summed E-state index contributed by atoms with van der Waals surface area (Å²) in [7, 11) is 0. The lowest BCUT2D eigenvalue weighted by molar-refractivity contribution is 0.0714. The van der Waals surface area contributed by atoms with E-state index in [1.54, 1.807) is 29.2 Å². The molecule has 1 N–H and O–H groups in total. The van der Waals surface area contributed by atoms with Crippen molar-refractivity contribution in [1.82, 2.24) is 14.9 Å². The topological polar surface area (TPSA) is 98.3 Å². The maximum atomic E-state index is 12.4. The number of piperazine rings is 1. The molecular weight excluding hydrogens is 368 g/mol. The Morgan fingerprint density at radius 1 is 1.14 bits per heavy atom. The van der Waals surface area contributed by atoms with Gasteiger partial charge in [-0.2, -0.15) is 10.2 Å². The van der Waals surface area contributed by atoms with Crippen LogP contribution in [0, 0.1) is 18.3 Å². The summed E-state index contributed by atoms with van der Waals surface area (Å²) in [6.07, 6.45) is 1.51. The number of aromatic nitrogens is 2. The molecule has 146 valence electrons. The number of carbonyl (C=O) groups is 1. The third-order valence-electron chi connectivity index (χ3n) is 4.71. The molecule has 0 bridgehead atoms. The van der Waals surface area contributed by atoms with Crippen molar-refractivity contribution in [2.45, 2.75) is 6.92 Å². The molecule has 4 rings (SSSR count). The SMILES string of the molecule is Cc1cc(Nc2ccc(C#N)cc2)nc(N2CCN(C(=O)c3ccco3)CC2)n1. The number of hydrogen-bond donors (Lipinski definition) is 1. The minimum atomic E-state index is -0.0945. The Bertz CT molecular complexity index is 1030. The van der Waals surface area contributed by atoms with E-state index in [0.717, 1.165) is 11.4 Å². The average Bonchev–Trinajstić information content (AvgIpc) is 3.28. The number of carbonyl (C=O) groups excluding carboxylic acids is 1. The van der Waals surface area contributed by atoms with Crippen molar-refractivity contribution in [2.75, 3.05) is 36.4 Å². The molecule has 0 aliphatic carbocycles. The zero-order valence-electron chi connectivity index (χ0n) is 16.0. The Balaban J connectivity index is 1.44. The molecule has 1 fully saturated rings. The smallest absolute Gasteiger partial charge is 0.289 e. The molecule has 1 aromatic carbocycles. The Labute approximate surface area is 168 Å². The highest BCUT2D eigenvalue weighted by atomic mass is 16.3. The van der Waals surface area contributed by atoms with Crippen LogP contribution in [0.5, 0.6) is 0 Å². The predicted molar refractivity (Wildman–Crippen MR) is 108 cm³/mol. The molecule has 1 aliphatic rings. The molecular formula is C21H20N6O2. The van der Waals surface area contributed by atoms with Gasteiger partial charge in [-0.15, -0.1) is 0 Å². The molecule has 3 aromatic rings. The summed E-state index contributed by atoms with van der Waals surface area (Å²) in [5, 5.41) is 12.2. The zero-order chi connectivity index (χ0) is 20.2. The van der Waals surface area contributed by atoms with Crippen molar-refractivity contribution in [2.24, 2.45) is 0 Å². The van der Waals surface area contributed by atoms with E-state index in [-0.39, 0.29) is 5.91 Å². The van der Waals surface area contributed by atoms with E-state index in [1.165, 1.54) is 6.26 Å². The van der Waals surface area contributed by atoms with E-state index in [9.17, 15) is 4.79 Å². The third kappa shape index (κ3) is 4.19. The summed E-state index contributed by atoms with van der Waals surface area (Å²) in [6.45, 7) is 4.37. The summed E-state index contributed by atoms with van der Waals surface area (Å²) >= 11 is 0.